The molecule has 0 bridgehead atoms. The highest BCUT2D eigenvalue weighted by Crippen LogP contribution is 2.30. The van der Waals surface area contributed by atoms with Crippen LogP contribution < -0.4 is 0 Å². The summed E-state index contributed by atoms with van der Waals surface area (Å²) in [4.78, 5) is 20.4. The molecule has 2 rings (SSSR count). The Labute approximate surface area is 125 Å². The van der Waals surface area contributed by atoms with Gasteiger partial charge in [-0.25, -0.2) is 9.97 Å². The van der Waals surface area contributed by atoms with Crippen LogP contribution in [0.25, 0.3) is 0 Å². The van der Waals surface area contributed by atoms with E-state index in [1.54, 1.807) is 0 Å². The molecule has 116 valence electrons. The van der Waals surface area contributed by atoms with Crippen LogP contribution >= 0.6 is 0 Å². The molecule has 5 heteroatoms. The number of fused-ring (bicyclic) bond motifs is 1. The molecule has 5 nitrogen and oxygen atoms in total. The van der Waals surface area contributed by atoms with Crippen molar-refractivity contribution in [2.24, 2.45) is 11.8 Å². The number of ether oxygens (including phenoxy) is 1. The second-order valence-corrected chi connectivity index (χ2v) is 5.99. The second kappa shape index (κ2) is 6.52. The van der Waals surface area contributed by atoms with Crippen molar-refractivity contribution in [2.75, 3.05) is 6.61 Å². The Kier molecular flexibility index (Phi) is 4.93. The smallest absolute Gasteiger partial charge is 0.306 e. The number of nitrogens with zero attached hydrogens (tertiary/aromatic N) is 2. The van der Waals surface area contributed by atoms with Gasteiger partial charge in [0.2, 0.25) is 0 Å². The maximum Gasteiger partial charge on any atom is 0.306 e. The summed E-state index contributed by atoms with van der Waals surface area (Å²) in [6.45, 7) is 8.73. The summed E-state index contributed by atoms with van der Waals surface area (Å²) in [7, 11) is 0. The molecular formula is C16H24N2O3. The molecule has 1 heterocycles. The summed E-state index contributed by atoms with van der Waals surface area (Å²) in [6, 6.07) is 0. The van der Waals surface area contributed by atoms with E-state index in [0.29, 0.717) is 31.8 Å². The molecule has 0 radical (unpaired) electrons. The van der Waals surface area contributed by atoms with Crippen LogP contribution in [0.5, 0.6) is 0 Å². The molecule has 0 saturated carbocycles. The number of aliphatic carboxylic acids is 1. The van der Waals surface area contributed by atoms with E-state index in [4.69, 9.17) is 4.74 Å². The number of carboxylic acids is 1. The summed E-state index contributed by atoms with van der Waals surface area (Å²) >= 11 is 0. The normalized spacial score (nSPS) is 19.4. The van der Waals surface area contributed by atoms with E-state index in [2.05, 4.69) is 23.8 Å². The van der Waals surface area contributed by atoms with E-state index >= 15 is 0 Å². The lowest BCUT2D eigenvalue weighted by atomic mass is 9.86. The molecule has 0 fully saturated rings. The van der Waals surface area contributed by atoms with Gasteiger partial charge in [-0.1, -0.05) is 13.8 Å². The molecule has 1 aromatic heterocycles. The number of aryl methyl sites for hydroxylation is 2. The van der Waals surface area contributed by atoms with Gasteiger partial charge >= 0.3 is 5.97 Å². The molecule has 2 atom stereocenters. The molecule has 0 spiro atoms. The Balaban J connectivity index is 2.33. The molecule has 0 aliphatic heterocycles. The molecule has 1 aromatic rings. The SMILES string of the molecule is CCOC(c1nc(C)c2c(n1)CCC(C(=O)O)C2)C(C)C. The Bertz CT molecular complexity index is 528. The number of rotatable bonds is 5. The molecule has 1 aliphatic carbocycles. The molecule has 0 amide bonds. The minimum Gasteiger partial charge on any atom is -0.481 e. The topological polar surface area (TPSA) is 72.3 Å². The van der Waals surface area contributed by atoms with Crippen molar-refractivity contribution in [3.8, 4) is 0 Å². The first-order valence-electron chi connectivity index (χ1n) is 7.64. The van der Waals surface area contributed by atoms with E-state index in [0.717, 1.165) is 22.8 Å². The van der Waals surface area contributed by atoms with Crippen molar-refractivity contribution in [3.05, 3.63) is 22.8 Å². The zero-order chi connectivity index (χ0) is 15.6. The number of aromatic nitrogens is 2. The summed E-state index contributed by atoms with van der Waals surface area (Å²) in [5.74, 6) is 0.00608. The van der Waals surface area contributed by atoms with Crippen LogP contribution in [-0.2, 0) is 22.4 Å². The summed E-state index contributed by atoms with van der Waals surface area (Å²) in [5, 5.41) is 9.18. The van der Waals surface area contributed by atoms with Crippen LogP contribution in [0.15, 0.2) is 0 Å². The van der Waals surface area contributed by atoms with Crippen LogP contribution in [0, 0.1) is 18.8 Å². The third-order valence-electron chi connectivity index (χ3n) is 4.05. The van der Waals surface area contributed by atoms with E-state index in [1.165, 1.54) is 0 Å². The van der Waals surface area contributed by atoms with Gasteiger partial charge in [0, 0.05) is 18.0 Å². The van der Waals surface area contributed by atoms with Crippen molar-refractivity contribution in [2.45, 2.75) is 53.1 Å². The molecule has 2 unspecified atom stereocenters. The maximum atomic E-state index is 11.2. The average molecular weight is 292 g/mol. The zero-order valence-electron chi connectivity index (χ0n) is 13.2. The summed E-state index contributed by atoms with van der Waals surface area (Å²) in [5.41, 5.74) is 2.91. The van der Waals surface area contributed by atoms with Gasteiger partial charge in [0.25, 0.3) is 0 Å². The number of hydrogen-bond acceptors (Lipinski definition) is 4. The first kappa shape index (κ1) is 15.9. The Hall–Kier alpha value is -1.49. The van der Waals surface area contributed by atoms with Crippen molar-refractivity contribution in [1.29, 1.82) is 0 Å². The number of hydrogen-bond donors (Lipinski definition) is 1. The van der Waals surface area contributed by atoms with Gasteiger partial charge in [-0.3, -0.25) is 4.79 Å². The third kappa shape index (κ3) is 3.40. The quantitative estimate of drug-likeness (QED) is 0.903. The fourth-order valence-electron chi connectivity index (χ4n) is 2.89. The maximum absolute atomic E-state index is 11.2. The van der Waals surface area contributed by atoms with E-state index in [-0.39, 0.29) is 12.0 Å². The molecule has 1 N–H and O–H groups in total. The van der Waals surface area contributed by atoms with Gasteiger partial charge < -0.3 is 9.84 Å². The molecule has 0 saturated heterocycles. The first-order valence-corrected chi connectivity index (χ1v) is 7.64. The van der Waals surface area contributed by atoms with Gasteiger partial charge in [-0.2, -0.15) is 0 Å². The summed E-state index contributed by atoms with van der Waals surface area (Å²) < 4.78 is 5.78. The molecule has 1 aliphatic rings. The lowest BCUT2D eigenvalue weighted by molar-refractivity contribution is -0.142. The van der Waals surface area contributed by atoms with Crippen molar-refractivity contribution in [1.82, 2.24) is 9.97 Å². The highest BCUT2D eigenvalue weighted by atomic mass is 16.5. The van der Waals surface area contributed by atoms with Crippen LogP contribution in [0.2, 0.25) is 0 Å². The largest absolute Gasteiger partial charge is 0.481 e. The third-order valence-corrected chi connectivity index (χ3v) is 4.05. The van der Waals surface area contributed by atoms with Crippen LogP contribution in [0.3, 0.4) is 0 Å². The van der Waals surface area contributed by atoms with Crippen molar-refractivity contribution >= 4 is 5.97 Å². The predicted molar refractivity (Wildman–Crippen MR) is 79.1 cm³/mol. The highest BCUT2D eigenvalue weighted by molar-refractivity contribution is 5.71. The fourth-order valence-corrected chi connectivity index (χ4v) is 2.89. The fraction of sp³-hybridized carbons (Fsp3) is 0.688. The number of carboxylic acid groups (broad SMARTS) is 1. The average Bonchev–Trinajstić information content (AvgIpc) is 2.43. The molecule has 0 aromatic carbocycles. The van der Waals surface area contributed by atoms with Crippen molar-refractivity contribution < 1.29 is 14.6 Å². The van der Waals surface area contributed by atoms with E-state index < -0.39 is 5.97 Å². The standard InChI is InChI=1S/C16H24N2O3/c1-5-21-14(9(2)3)15-17-10(4)12-8-11(16(19)20)6-7-13(12)18-15/h9,11,14H,5-8H2,1-4H3,(H,19,20). The van der Waals surface area contributed by atoms with Gasteiger partial charge in [0.1, 0.15) is 6.10 Å². The minimum atomic E-state index is -0.724. The highest BCUT2D eigenvalue weighted by Gasteiger charge is 2.29. The lowest BCUT2D eigenvalue weighted by Gasteiger charge is -2.25. The van der Waals surface area contributed by atoms with Gasteiger partial charge in [-0.15, -0.1) is 0 Å². The monoisotopic (exact) mass is 292 g/mol. The van der Waals surface area contributed by atoms with Crippen LogP contribution in [0.4, 0.5) is 0 Å². The molecular weight excluding hydrogens is 268 g/mol. The predicted octanol–water partition coefficient (Wildman–Crippen LogP) is 2.71. The van der Waals surface area contributed by atoms with Crippen LogP contribution in [-0.4, -0.2) is 27.7 Å². The van der Waals surface area contributed by atoms with Gasteiger partial charge in [0.15, 0.2) is 5.82 Å². The van der Waals surface area contributed by atoms with Gasteiger partial charge in [0.05, 0.1) is 5.92 Å². The first-order chi connectivity index (χ1) is 9.93. The zero-order valence-corrected chi connectivity index (χ0v) is 13.2. The Morgan fingerprint density at radius 3 is 2.71 bits per heavy atom. The second-order valence-electron chi connectivity index (χ2n) is 5.99. The van der Waals surface area contributed by atoms with Crippen molar-refractivity contribution in [3.63, 3.8) is 0 Å². The summed E-state index contributed by atoms with van der Waals surface area (Å²) in [6.07, 6.45) is 1.80. The number of carbonyl (C=O) groups is 1. The van der Waals surface area contributed by atoms with E-state index in [1.807, 2.05) is 13.8 Å². The molecule has 21 heavy (non-hydrogen) atoms. The lowest BCUT2D eigenvalue weighted by Crippen LogP contribution is -2.26. The van der Waals surface area contributed by atoms with E-state index in [9.17, 15) is 9.90 Å². The minimum absolute atomic E-state index is 0.101. The Morgan fingerprint density at radius 2 is 2.14 bits per heavy atom. The van der Waals surface area contributed by atoms with Gasteiger partial charge in [-0.05, 0) is 44.6 Å². The Morgan fingerprint density at radius 1 is 1.43 bits per heavy atom. The van der Waals surface area contributed by atoms with Crippen LogP contribution in [0.1, 0.15) is 56.1 Å².